The van der Waals surface area contributed by atoms with Gasteiger partial charge in [-0.2, -0.15) is 5.10 Å². The van der Waals surface area contributed by atoms with Gasteiger partial charge in [0.2, 0.25) is 5.91 Å². The zero-order chi connectivity index (χ0) is 21.5. The van der Waals surface area contributed by atoms with Gasteiger partial charge in [-0.15, -0.1) is 11.3 Å². The van der Waals surface area contributed by atoms with E-state index in [0.29, 0.717) is 29.7 Å². The Labute approximate surface area is 188 Å². The van der Waals surface area contributed by atoms with E-state index in [1.165, 1.54) is 11.3 Å². The Bertz CT molecular complexity index is 1130. The molecule has 31 heavy (non-hydrogen) atoms. The fourth-order valence-electron chi connectivity index (χ4n) is 2.85. The number of rotatable bonds is 9. The van der Waals surface area contributed by atoms with Crippen LogP contribution in [-0.2, 0) is 30.8 Å². The van der Waals surface area contributed by atoms with Crippen molar-refractivity contribution in [1.82, 2.24) is 19.7 Å². The number of amides is 1. The van der Waals surface area contributed by atoms with E-state index < -0.39 is 0 Å². The average Bonchev–Trinajstić information content (AvgIpc) is 3.42. The van der Waals surface area contributed by atoms with Gasteiger partial charge in [0, 0.05) is 47.5 Å². The van der Waals surface area contributed by atoms with Gasteiger partial charge in [0.05, 0.1) is 12.1 Å². The molecule has 0 atom stereocenters. The van der Waals surface area contributed by atoms with E-state index in [1.807, 2.05) is 29.8 Å². The maximum atomic E-state index is 12.3. The van der Waals surface area contributed by atoms with Crippen molar-refractivity contribution < 1.29 is 9.53 Å². The standard InChI is InChI=1S/C22H20ClN5O2S/c23-16-4-6-19(7-5-16)30-14-22-25-18(15-31-22)13-21(29)26-20-9-12-28(27-20)11-8-17-3-1-2-10-24-17/h1-7,9-10,12,15H,8,11,13-14H2,(H,26,27,29). The second kappa shape index (κ2) is 10.2. The highest BCUT2D eigenvalue weighted by atomic mass is 35.5. The first-order chi connectivity index (χ1) is 15.1. The van der Waals surface area contributed by atoms with Gasteiger partial charge in [0.1, 0.15) is 17.4 Å². The molecule has 1 aromatic carbocycles. The fourth-order valence-corrected chi connectivity index (χ4v) is 3.68. The lowest BCUT2D eigenvalue weighted by molar-refractivity contribution is -0.115. The van der Waals surface area contributed by atoms with Crippen LogP contribution in [0.5, 0.6) is 5.75 Å². The monoisotopic (exact) mass is 453 g/mol. The predicted octanol–water partition coefficient (Wildman–Crippen LogP) is 4.39. The van der Waals surface area contributed by atoms with Crippen molar-refractivity contribution in [1.29, 1.82) is 0 Å². The van der Waals surface area contributed by atoms with Crippen LogP contribution in [0.4, 0.5) is 5.82 Å². The van der Waals surface area contributed by atoms with Crippen molar-refractivity contribution in [3.8, 4) is 5.75 Å². The van der Waals surface area contributed by atoms with Gasteiger partial charge in [-0.3, -0.25) is 14.5 Å². The largest absolute Gasteiger partial charge is 0.486 e. The van der Waals surface area contributed by atoms with E-state index in [9.17, 15) is 4.79 Å². The summed E-state index contributed by atoms with van der Waals surface area (Å²) in [6.45, 7) is 1.03. The van der Waals surface area contributed by atoms with E-state index in [1.54, 1.807) is 41.2 Å². The number of hydrogen-bond donors (Lipinski definition) is 1. The summed E-state index contributed by atoms with van der Waals surface area (Å²) in [5.74, 6) is 1.08. The summed E-state index contributed by atoms with van der Waals surface area (Å²) in [6.07, 6.45) is 4.57. The van der Waals surface area contributed by atoms with Crippen molar-refractivity contribution in [2.75, 3.05) is 5.32 Å². The van der Waals surface area contributed by atoms with Crippen LogP contribution in [0.1, 0.15) is 16.4 Å². The smallest absolute Gasteiger partial charge is 0.231 e. The molecule has 0 fully saturated rings. The van der Waals surface area contributed by atoms with Crippen LogP contribution in [0.2, 0.25) is 5.02 Å². The summed E-state index contributed by atoms with van der Waals surface area (Å²) >= 11 is 7.33. The number of nitrogens with one attached hydrogen (secondary N) is 1. The van der Waals surface area contributed by atoms with E-state index in [-0.39, 0.29) is 12.3 Å². The Kier molecular flexibility index (Phi) is 6.91. The van der Waals surface area contributed by atoms with Crippen LogP contribution < -0.4 is 10.1 Å². The first-order valence-corrected chi connectivity index (χ1v) is 10.9. The third-order valence-electron chi connectivity index (χ3n) is 4.35. The first kappa shape index (κ1) is 21.0. The molecule has 0 spiro atoms. The van der Waals surface area contributed by atoms with Gasteiger partial charge in [-0.05, 0) is 36.4 Å². The minimum Gasteiger partial charge on any atom is -0.486 e. The van der Waals surface area contributed by atoms with Crippen molar-refractivity contribution in [3.63, 3.8) is 0 Å². The summed E-state index contributed by atoms with van der Waals surface area (Å²) in [5.41, 5.74) is 1.70. The Hall–Kier alpha value is -3.23. The number of anilines is 1. The van der Waals surface area contributed by atoms with E-state index in [4.69, 9.17) is 16.3 Å². The maximum absolute atomic E-state index is 12.3. The minimum atomic E-state index is -0.162. The third-order valence-corrected chi connectivity index (χ3v) is 5.47. The zero-order valence-electron chi connectivity index (χ0n) is 16.6. The van der Waals surface area contributed by atoms with E-state index in [2.05, 4.69) is 20.4 Å². The Morgan fingerprint density at radius 1 is 1.13 bits per heavy atom. The number of hydrogen-bond acceptors (Lipinski definition) is 6. The molecule has 0 bridgehead atoms. The molecule has 3 heterocycles. The van der Waals surface area contributed by atoms with Gasteiger partial charge in [-0.1, -0.05) is 17.7 Å². The van der Waals surface area contributed by atoms with Crippen LogP contribution in [0, 0.1) is 0 Å². The summed E-state index contributed by atoms with van der Waals surface area (Å²) in [4.78, 5) is 21.1. The molecule has 0 saturated carbocycles. The number of carbonyl (C=O) groups is 1. The number of halogens is 1. The van der Waals surface area contributed by atoms with E-state index >= 15 is 0 Å². The average molecular weight is 454 g/mol. The highest BCUT2D eigenvalue weighted by Crippen LogP contribution is 2.18. The normalized spacial score (nSPS) is 10.7. The highest BCUT2D eigenvalue weighted by Gasteiger charge is 2.10. The van der Waals surface area contributed by atoms with Gasteiger partial charge < -0.3 is 10.1 Å². The molecule has 0 aliphatic heterocycles. The number of benzene rings is 1. The summed E-state index contributed by atoms with van der Waals surface area (Å²) < 4.78 is 7.48. The van der Waals surface area contributed by atoms with Crippen molar-refractivity contribution in [3.05, 3.63) is 87.7 Å². The second-order valence-electron chi connectivity index (χ2n) is 6.74. The summed E-state index contributed by atoms with van der Waals surface area (Å²) in [6, 6.07) is 14.8. The predicted molar refractivity (Wildman–Crippen MR) is 120 cm³/mol. The van der Waals surface area contributed by atoms with Gasteiger partial charge >= 0.3 is 0 Å². The number of aromatic nitrogens is 4. The number of carbonyl (C=O) groups excluding carboxylic acids is 1. The Balaban J connectivity index is 1.23. The van der Waals surface area contributed by atoms with Crippen molar-refractivity contribution in [2.24, 2.45) is 0 Å². The molecular weight excluding hydrogens is 434 g/mol. The molecule has 4 rings (SSSR count). The number of ether oxygens (including phenoxy) is 1. The van der Waals surface area contributed by atoms with Crippen molar-refractivity contribution >= 4 is 34.7 Å². The lowest BCUT2D eigenvalue weighted by Gasteiger charge is -2.03. The molecule has 7 nitrogen and oxygen atoms in total. The minimum absolute atomic E-state index is 0.162. The summed E-state index contributed by atoms with van der Waals surface area (Å²) in [5, 5.41) is 10.5. The van der Waals surface area contributed by atoms with Crippen LogP contribution in [-0.4, -0.2) is 25.7 Å². The SMILES string of the molecule is O=C(Cc1csc(COc2ccc(Cl)cc2)n1)Nc1ccn(CCc2ccccn2)n1. The molecule has 0 aliphatic rings. The lowest BCUT2D eigenvalue weighted by Crippen LogP contribution is -2.15. The van der Waals surface area contributed by atoms with Crippen LogP contribution in [0.3, 0.4) is 0 Å². The summed E-state index contributed by atoms with van der Waals surface area (Å²) in [7, 11) is 0. The topological polar surface area (TPSA) is 81.9 Å². The molecule has 0 unspecified atom stereocenters. The molecule has 1 N–H and O–H groups in total. The molecule has 9 heteroatoms. The molecule has 1 amide bonds. The van der Waals surface area contributed by atoms with Crippen LogP contribution in [0.15, 0.2) is 66.3 Å². The highest BCUT2D eigenvalue weighted by molar-refractivity contribution is 7.09. The fraction of sp³-hybridized carbons (Fsp3) is 0.182. The van der Waals surface area contributed by atoms with Crippen LogP contribution in [0.25, 0.3) is 0 Å². The molecule has 158 valence electrons. The number of thiazole rings is 1. The van der Waals surface area contributed by atoms with Crippen molar-refractivity contribution in [2.45, 2.75) is 26.0 Å². The Morgan fingerprint density at radius 3 is 2.81 bits per heavy atom. The third kappa shape index (κ3) is 6.37. The van der Waals surface area contributed by atoms with E-state index in [0.717, 1.165) is 22.9 Å². The Morgan fingerprint density at radius 2 is 2.00 bits per heavy atom. The van der Waals surface area contributed by atoms with Gasteiger partial charge in [0.15, 0.2) is 5.82 Å². The molecule has 4 aromatic rings. The molecule has 0 saturated heterocycles. The van der Waals surface area contributed by atoms with Gasteiger partial charge in [-0.25, -0.2) is 4.98 Å². The number of aryl methyl sites for hydroxylation is 2. The molecular formula is C22H20ClN5O2S. The first-order valence-electron chi connectivity index (χ1n) is 9.69. The lowest BCUT2D eigenvalue weighted by atomic mass is 10.3. The molecule has 0 aliphatic carbocycles. The second-order valence-corrected chi connectivity index (χ2v) is 8.11. The quantitative estimate of drug-likeness (QED) is 0.406. The van der Waals surface area contributed by atoms with Gasteiger partial charge in [0.25, 0.3) is 0 Å². The molecule has 3 aromatic heterocycles. The number of nitrogens with zero attached hydrogens (tertiary/aromatic N) is 4. The molecule has 0 radical (unpaired) electrons. The zero-order valence-corrected chi connectivity index (χ0v) is 18.1. The maximum Gasteiger partial charge on any atom is 0.231 e. The van der Waals surface area contributed by atoms with Crippen LogP contribution >= 0.6 is 22.9 Å². The number of pyridine rings is 1.